The van der Waals surface area contributed by atoms with E-state index in [4.69, 9.17) is 0 Å². The summed E-state index contributed by atoms with van der Waals surface area (Å²) in [6.45, 7) is 0.870. The molecule has 0 N–H and O–H groups in total. The minimum Gasteiger partial charge on any atom is -0.335 e. The van der Waals surface area contributed by atoms with Crippen molar-refractivity contribution in [2.75, 3.05) is 11.9 Å². The first kappa shape index (κ1) is 15.0. The molecule has 1 amide bonds. The number of carbonyl (C=O) groups is 1. The first-order valence-electron chi connectivity index (χ1n) is 5.95. The molecular weight excluding hydrogens is 446 g/mol. The van der Waals surface area contributed by atoms with Crippen LogP contribution in [-0.2, 0) is 0 Å². The number of hydrogen-bond acceptors (Lipinski definition) is 2. The van der Waals surface area contributed by atoms with Crippen molar-refractivity contribution in [3.63, 3.8) is 0 Å². The monoisotopic (exact) mass is 457 g/mol. The Hall–Kier alpha value is 0.610. The molecule has 0 aliphatic carbocycles. The largest absolute Gasteiger partial charge is 0.335 e. The Morgan fingerprint density at radius 3 is 2.78 bits per heavy atom. The van der Waals surface area contributed by atoms with E-state index in [0.29, 0.717) is 6.04 Å². The van der Waals surface area contributed by atoms with Crippen LogP contribution in [0.2, 0.25) is 0 Å². The smallest absolute Gasteiger partial charge is 0.256 e. The van der Waals surface area contributed by atoms with Gasteiger partial charge in [-0.25, -0.2) is 0 Å². The average molecular weight is 460 g/mol. The molecule has 1 aliphatic rings. The summed E-state index contributed by atoms with van der Waals surface area (Å²) < 4.78 is 1.90. The predicted octanol–water partition coefficient (Wildman–Crippen LogP) is 5.05. The van der Waals surface area contributed by atoms with Gasteiger partial charge in [0.15, 0.2) is 0 Å². The molecule has 2 rings (SSSR count). The molecule has 0 bridgehead atoms. The fraction of sp³-hybridized carbons (Fsp3) is 0.583. The summed E-state index contributed by atoms with van der Waals surface area (Å²) in [7, 11) is 0. The molecule has 1 aromatic rings. The molecule has 1 aromatic heterocycles. The number of alkyl halides is 1. The summed E-state index contributed by atoms with van der Waals surface area (Å²) >= 11 is 12.0. The standard InChI is InChI=1S/C12H14Br3NOS/c13-7-8-4-2-1-3-5-16(8)12(17)9-6-10(14)18-11(9)15/h6,8H,1-5,7H2. The molecule has 1 fully saturated rings. The van der Waals surface area contributed by atoms with E-state index in [0.717, 1.165) is 37.9 Å². The highest BCUT2D eigenvalue weighted by Crippen LogP contribution is 2.33. The second-order valence-corrected chi connectivity index (χ2v) is 8.79. The Morgan fingerprint density at radius 1 is 1.39 bits per heavy atom. The summed E-state index contributed by atoms with van der Waals surface area (Å²) in [6, 6.07) is 2.23. The zero-order chi connectivity index (χ0) is 13.1. The maximum Gasteiger partial charge on any atom is 0.256 e. The van der Waals surface area contributed by atoms with E-state index in [9.17, 15) is 4.79 Å². The van der Waals surface area contributed by atoms with E-state index in [1.54, 1.807) is 11.3 Å². The van der Waals surface area contributed by atoms with Gasteiger partial charge in [0.1, 0.15) is 0 Å². The Morgan fingerprint density at radius 2 is 2.17 bits per heavy atom. The molecule has 0 aromatic carbocycles. The van der Waals surface area contributed by atoms with Crippen molar-refractivity contribution >= 4 is 65.0 Å². The maximum atomic E-state index is 12.6. The number of amides is 1. The second kappa shape index (κ2) is 6.86. The second-order valence-electron chi connectivity index (χ2n) is 4.39. The molecule has 1 saturated heterocycles. The van der Waals surface area contributed by atoms with Crippen LogP contribution in [0.25, 0.3) is 0 Å². The lowest BCUT2D eigenvalue weighted by molar-refractivity contribution is 0.0702. The lowest BCUT2D eigenvalue weighted by atomic mass is 10.1. The van der Waals surface area contributed by atoms with Gasteiger partial charge >= 0.3 is 0 Å². The van der Waals surface area contributed by atoms with E-state index in [2.05, 4.69) is 47.8 Å². The highest BCUT2D eigenvalue weighted by atomic mass is 79.9. The molecule has 0 saturated carbocycles. The third-order valence-electron chi connectivity index (χ3n) is 3.20. The molecule has 2 nitrogen and oxygen atoms in total. The van der Waals surface area contributed by atoms with Crippen LogP contribution in [0.15, 0.2) is 13.6 Å². The summed E-state index contributed by atoms with van der Waals surface area (Å²) in [5.41, 5.74) is 0.778. The molecule has 1 unspecified atom stereocenters. The number of thiophene rings is 1. The van der Waals surface area contributed by atoms with E-state index >= 15 is 0 Å². The van der Waals surface area contributed by atoms with Gasteiger partial charge in [-0.1, -0.05) is 28.8 Å². The number of rotatable bonds is 2. The lowest BCUT2D eigenvalue weighted by Gasteiger charge is -2.28. The Bertz CT molecular complexity index is 435. The summed E-state index contributed by atoms with van der Waals surface area (Å²) in [5, 5.41) is 0.863. The van der Waals surface area contributed by atoms with Crippen molar-refractivity contribution < 1.29 is 4.79 Å². The zero-order valence-electron chi connectivity index (χ0n) is 9.79. The SMILES string of the molecule is O=C(c1cc(Br)sc1Br)N1CCCCCC1CBr. The van der Waals surface area contributed by atoms with Crippen LogP contribution in [-0.4, -0.2) is 28.7 Å². The Balaban J connectivity index is 2.22. The highest BCUT2D eigenvalue weighted by molar-refractivity contribution is 9.12. The molecule has 2 heterocycles. The van der Waals surface area contributed by atoms with Crippen LogP contribution in [0, 0.1) is 0 Å². The summed E-state index contributed by atoms with van der Waals surface area (Å²) in [5.74, 6) is 0.148. The van der Waals surface area contributed by atoms with Crippen molar-refractivity contribution in [3.8, 4) is 0 Å². The fourth-order valence-electron chi connectivity index (χ4n) is 2.25. The topological polar surface area (TPSA) is 20.3 Å². The van der Waals surface area contributed by atoms with E-state index in [1.165, 1.54) is 12.8 Å². The third-order valence-corrected chi connectivity index (χ3v) is 6.29. The van der Waals surface area contributed by atoms with Crippen LogP contribution >= 0.6 is 59.1 Å². The first-order chi connectivity index (χ1) is 8.63. The first-order valence-corrected chi connectivity index (χ1v) is 9.47. The summed E-state index contributed by atoms with van der Waals surface area (Å²) in [4.78, 5) is 14.6. The number of carbonyl (C=O) groups excluding carboxylic acids is 1. The molecule has 6 heteroatoms. The van der Waals surface area contributed by atoms with E-state index in [-0.39, 0.29) is 5.91 Å². The number of nitrogens with zero attached hydrogens (tertiary/aromatic N) is 1. The highest BCUT2D eigenvalue weighted by Gasteiger charge is 2.27. The molecule has 1 atom stereocenters. The van der Waals surface area contributed by atoms with E-state index < -0.39 is 0 Å². The van der Waals surface area contributed by atoms with Crippen LogP contribution in [0.4, 0.5) is 0 Å². The van der Waals surface area contributed by atoms with Crippen LogP contribution < -0.4 is 0 Å². The molecule has 1 aliphatic heterocycles. The zero-order valence-corrected chi connectivity index (χ0v) is 15.4. The van der Waals surface area contributed by atoms with Gasteiger partial charge < -0.3 is 4.90 Å². The fourth-order valence-corrected chi connectivity index (χ4v) is 5.70. The van der Waals surface area contributed by atoms with Crippen molar-refractivity contribution in [1.29, 1.82) is 0 Å². The van der Waals surface area contributed by atoms with Crippen molar-refractivity contribution in [2.24, 2.45) is 0 Å². The molecule has 0 radical (unpaired) electrons. The van der Waals surface area contributed by atoms with E-state index in [1.807, 2.05) is 11.0 Å². The van der Waals surface area contributed by atoms with Gasteiger partial charge in [-0.2, -0.15) is 0 Å². The van der Waals surface area contributed by atoms with Gasteiger partial charge in [0.25, 0.3) is 5.91 Å². The van der Waals surface area contributed by atoms with Gasteiger partial charge in [-0.3, -0.25) is 4.79 Å². The number of hydrogen-bond donors (Lipinski definition) is 0. The molecule has 0 spiro atoms. The van der Waals surface area contributed by atoms with Crippen LogP contribution in [0.5, 0.6) is 0 Å². The van der Waals surface area contributed by atoms with Crippen molar-refractivity contribution in [3.05, 3.63) is 19.2 Å². The molecule has 18 heavy (non-hydrogen) atoms. The van der Waals surface area contributed by atoms with Gasteiger partial charge in [-0.15, -0.1) is 11.3 Å². The van der Waals surface area contributed by atoms with Crippen LogP contribution in [0.3, 0.4) is 0 Å². The van der Waals surface area contributed by atoms with Gasteiger partial charge in [0.2, 0.25) is 0 Å². The predicted molar refractivity (Wildman–Crippen MR) is 86.8 cm³/mol. The Kier molecular flexibility index (Phi) is 5.72. The minimum absolute atomic E-state index is 0.148. The lowest BCUT2D eigenvalue weighted by Crippen LogP contribution is -2.41. The van der Waals surface area contributed by atoms with Crippen molar-refractivity contribution in [2.45, 2.75) is 31.7 Å². The van der Waals surface area contributed by atoms with Gasteiger partial charge in [-0.05, 0) is 50.8 Å². The third kappa shape index (κ3) is 3.38. The summed E-state index contributed by atoms with van der Waals surface area (Å²) in [6.07, 6.45) is 4.65. The maximum absolute atomic E-state index is 12.6. The van der Waals surface area contributed by atoms with Gasteiger partial charge in [0, 0.05) is 17.9 Å². The quantitative estimate of drug-likeness (QED) is 0.566. The number of likely N-dealkylation sites (tertiary alicyclic amines) is 1. The molecular formula is C12H14Br3NOS. The van der Waals surface area contributed by atoms with Crippen molar-refractivity contribution in [1.82, 2.24) is 4.90 Å². The minimum atomic E-state index is 0.148. The number of halogens is 3. The van der Waals surface area contributed by atoms with Crippen LogP contribution in [0.1, 0.15) is 36.0 Å². The average Bonchev–Trinajstić information content (AvgIpc) is 2.56. The Labute approximate surface area is 137 Å². The molecule has 100 valence electrons. The van der Waals surface area contributed by atoms with Gasteiger partial charge in [0.05, 0.1) is 13.1 Å². The normalized spacial score (nSPS) is 20.8.